The van der Waals surface area contributed by atoms with Crippen molar-refractivity contribution in [1.82, 2.24) is 5.32 Å². The zero-order valence-corrected chi connectivity index (χ0v) is 19.7. The predicted molar refractivity (Wildman–Crippen MR) is 123 cm³/mol. The van der Waals surface area contributed by atoms with Gasteiger partial charge in [0.2, 0.25) is 0 Å². The van der Waals surface area contributed by atoms with Gasteiger partial charge in [-0.3, -0.25) is 4.79 Å². The number of ether oxygens (including phenoxy) is 1. The fourth-order valence-electron chi connectivity index (χ4n) is 7.21. The molecule has 0 heterocycles. The molecule has 0 unspecified atom stereocenters. The van der Waals surface area contributed by atoms with E-state index in [4.69, 9.17) is 4.74 Å². The van der Waals surface area contributed by atoms with Crippen molar-refractivity contribution in [3.63, 3.8) is 0 Å². The maximum atomic E-state index is 15.1. The number of hydrogen-bond donors (Lipinski definition) is 2. The van der Waals surface area contributed by atoms with Gasteiger partial charge < -0.3 is 15.2 Å². The van der Waals surface area contributed by atoms with Crippen LogP contribution in [0.5, 0.6) is 5.75 Å². The smallest absolute Gasteiger partial charge is 0.326 e. The lowest BCUT2D eigenvalue weighted by molar-refractivity contribution is -0.139. The first-order valence-corrected chi connectivity index (χ1v) is 12.7. The normalized spacial score (nSPS) is 31.0. The Morgan fingerprint density at radius 1 is 1.12 bits per heavy atom. The summed E-state index contributed by atoms with van der Waals surface area (Å²) in [5.41, 5.74) is 1.03. The third kappa shape index (κ3) is 4.76. The molecule has 5 aliphatic carbocycles. The average Bonchev–Trinajstić information content (AvgIpc) is 3.55. The van der Waals surface area contributed by atoms with Gasteiger partial charge in [-0.2, -0.15) is 0 Å². The van der Waals surface area contributed by atoms with Crippen LogP contribution in [0.2, 0.25) is 0 Å². The topological polar surface area (TPSA) is 75.6 Å². The number of hydrogen-bond acceptors (Lipinski definition) is 3. The maximum absolute atomic E-state index is 15.1. The highest BCUT2D eigenvalue weighted by molar-refractivity contribution is 5.97. The zero-order valence-electron chi connectivity index (χ0n) is 19.7. The highest BCUT2D eigenvalue weighted by Crippen LogP contribution is 2.60. The van der Waals surface area contributed by atoms with Crippen LogP contribution in [0.1, 0.15) is 93.5 Å². The molecule has 0 aliphatic heterocycles. The first-order chi connectivity index (χ1) is 15.7. The van der Waals surface area contributed by atoms with E-state index in [-0.39, 0.29) is 22.8 Å². The molecule has 5 saturated carbocycles. The highest BCUT2D eigenvalue weighted by Gasteiger charge is 2.51. The summed E-state index contributed by atoms with van der Waals surface area (Å²) in [6.45, 7) is 4.42. The third-order valence-corrected chi connectivity index (χ3v) is 8.37. The van der Waals surface area contributed by atoms with Crippen LogP contribution in [-0.4, -0.2) is 29.6 Å². The molecular weight excluding hydrogens is 421 g/mol. The van der Waals surface area contributed by atoms with Crippen LogP contribution in [0.4, 0.5) is 4.39 Å². The van der Waals surface area contributed by atoms with Gasteiger partial charge in [-0.15, -0.1) is 0 Å². The van der Waals surface area contributed by atoms with Gasteiger partial charge in [0.25, 0.3) is 5.91 Å². The molecule has 5 fully saturated rings. The molecular formula is C27H36FNO4. The number of amides is 1. The summed E-state index contributed by atoms with van der Waals surface area (Å²) >= 11 is 0. The molecule has 6 rings (SSSR count). The minimum atomic E-state index is -1.10. The van der Waals surface area contributed by atoms with E-state index in [1.54, 1.807) is 6.07 Å². The Hall–Kier alpha value is -2.11. The fourth-order valence-corrected chi connectivity index (χ4v) is 7.21. The monoisotopic (exact) mass is 457 g/mol. The molecule has 1 amide bonds. The van der Waals surface area contributed by atoms with Crippen molar-refractivity contribution in [1.29, 1.82) is 0 Å². The summed E-state index contributed by atoms with van der Waals surface area (Å²) in [5.74, 6) is 1.03. The molecule has 33 heavy (non-hydrogen) atoms. The van der Waals surface area contributed by atoms with Gasteiger partial charge in [0, 0.05) is 11.5 Å². The molecule has 180 valence electrons. The maximum Gasteiger partial charge on any atom is 0.326 e. The highest BCUT2D eigenvalue weighted by atomic mass is 19.1. The second-order valence-corrected chi connectivity index (χ2v) is 11.8. The van der Waals surface area contributed by atoms with Crippen LogP contribution in [0.25, 0.3) is 0 Å². The molecule has 1 atom stereocenters. The molecule has 1 aromatic carbocycles. The second kappa shape index (κ2) is 8.59. The Balaban J connectivity index is 1.33. The Morgan fingerprint density at radius 2 is 1.73 bits per heavy atom. The number of carbonyl (C=O) groups excluding carboxylic acids is 1. The van der Waals surface area contributed by atoms with Crippen molar-refractivity contribution >= 4 is 11.9 Å². The number of halogens is 1. The van der Waals surface area contributed by atoms with Crippen LogP contribution < -0.4 is 10.1 Å². The van der Waals surface area contributed by atoms with E-state index in [0.29, 0.717) is 18.8 Å². The minimum absolute atomic E-state index is 0.0888. The van der Waals surface area contributed by atoms with Gasteiger partial charge in [0.1, 0.15) is 17.6 Å². The first kappa shape index (κ1) is 22.7. The molecule has 5 aliphatic rings. The van der Waals surface area contributed by atoms with Crippen LogP contribution >= 0.6 is 0 Å². The number of rotatable bonds is 9. The van der Waals surface area contributed by atoms with Gasteiger partial charge in [-0.25, -0.2) is 9.18 Å². The molecule has 5 nitrogen and oxygen atoms in total. The molecule has 4 bridgehead atoms. The third-order valence-electron chi connectivity index (χ3n) is 8.37. The Labute approximate surface area is 195 Å². The van der Waals surface area contributed by atoms with E-state index >= 15 is 4.39 Å². The lowest BCUT2D eigenvalue weighted by Crippen LogP contribution is -2.48. The summed E-state index contributed by atoms with van der Waals surface area (Å²) in [4.78, 5) is 24.3. The summed E-state index contributed by atoms with van der Waals surface area (Å²) < 4.78 is 21.4. The van der Waals surface area contributed by atoms with E-state index in [1.165, 1.54) is 44.6 Å². The van der Waals surface area contributed by atoms with Crippen LogP contribution in [0.15, 0.2) is 12.1 Å². The standard InChI is InChI=1S/C27H36FNO4/c1-15(2)5-23(26(31)32)29-25(30)21-9-20(19-3-4-19)24(10-22(21)28)33-14-27-11-16-6-17(12-27)8-18(7-16)13-27/h9-10,15-19,23H,3-8,11-14H2,1-2H3,(H,29,30)(H,31,32)/t16?,17?,18?,23-,27?/m0/s1. The Kier molecular flexibility index (Phi) is 5.90. The molecule has 6 heteroatoms. The van der Waals surface area contributed by atoms with Crippen molar-refractivity contribution in [2.75, 3.05) is 6.61 Å². The number of nitrogens with one attached hydrogen (secondary N) is 1. The number of benzene rings is 1. The van der Waals surface area contributed by atoms with Crippen molar-refractivity contribution in [2.24, 2.45) is 29.1 Å². The molecule has 0 radical (unpaired) electrons. The number of carbonyl (C=O) groups is 2. The average molecular weight is 458 g/mol. The second-order valence-electron chi connectivity index (χ2n) is 11.8. The SMILES string of the molecule is CC(C)C[C@H](NC(=O)c1cc(C2CC2)c(OCC23CC4CC(CC(C4)C2)C3)cc1F)C(=O)O. The first-order valence-electron chi connectivity index (χ1n) is 12.7. The lowest BCUT2D eigenvalue weighted by Gasteiger charge is -2.56. The number of carboxylic acid groups (broad SMARTS) is 1. The van der Waals surface area contributed by atoms with E-state index in [0.717, 1.165) is 36.2 Å². The predicted octanol–water partition coefficient (Wildman–Crippen LogP) is 5.53. The fraction of sp³-hybridized carbons (Fsp3) is 0.704. The van der Waals surface area contributed by atoms with Gasteiger partial charge >= 0.3 is 5.97 Å². The van der Waals surface area contributed by atoms with Crippen LogP contribution in [-0.2, 0) is 4.79 Å². The summed E-state index contributed by atoms with van der Waals surface area (Å²) in [7, 11) is 0. The summed E-state index contributed by atoms with van der Waals surface area (Å²) in [6.07, 6.45) is 10.1. The molecule has 1 aromatic rings. The molecule has 0 spiro atoms. The summed E-state index contributed by atoms with van der Waals surface area (Å²) in [6, 6.07) is 1.93. The quantitative estimate of drug-likeness (QED) is 0.511. The molecule has 0 saturated heterocycles. The minimum Gasteiger partial charge on any atom is -0.493 e. The Morgan fingerprint density at radius 3 is 2.24 bits per heavy atom. The van der Waals surface area contributed by atoms with Crippen molar-refractivity contribution in [3.8, 4) is 5.75 Å². The van der Waals surface area contributed by atoms with Gasteiger partial charge in [-0.05, 0) is 99.0 Å². The largest absolute Gasteiger partial charge is 0.493 e. The van der Waals surface area contributed by atoms with Gasteiger partial charge in [0.15, 0.2) is 0 Å². The van der Waals surface area contributed by atoms with Gasteiger partial charge in [-0.1, -0.05) is 13.8 Å². The van der Waals surface area contributed by atoms with Crippen LogP contribution in [0, 0.1) is 34.9 Å². The summed E-state index contributed by atoms with van der Waals surface area (Å²) in [5, 5.41) is 12.0. The van der Waals surface area contributed by atoms with Crippen molar-refractivity contribution in [3.05, 3.63) is 29.1 Å². The van der Waals surface area contributed by atoms with Crippen molar-refractivity contribution < 1.29 is 23.8 Å². The molecule has 2 N–H and O–H groups in total. The van der Waals surface area contributed by atoms with E-state index < -0.39 is 23.7 Å². The Bertz CT molecular complexity index is 903. The number of aliphatic carboxylic acids is 1. The van der Waals surface area contributed by atoms with Crippen molar-refractivity contribution in [2.45, 2.75) is 83.6 Å². The zero-order chi connectivity index (χ0) is 23.3. The van der Waals surface area contributed by atoms with E-state index in [2.05, 4.69) is 5.32 Å². The van der Waals surface area contributed by atoms with E-state index in [1.807, 2.05) is 13.8 Å². The number of carboxylic acids is 1. The molecule has 0 aromatic heterocycles. The van der Waals surface area contributed by atoms with Crippen LogP contribution in [0.3, 0.4) is 0 Å². The van der Waals surface area contributed by atoms with E-state index in [9.17, 15) is 14.7 Å². The lowest BCUT2D eigenvalue weighted by atomic mass is 9.50. The van der Waals surface area contributed by atoms with Gasteiger partial charge in [0.05, 0.1) is 12.2 Å².